The summed E-state index contributed by atoms with van der Waals surface area (Å²) in [6, 6.07) is 13.6. The molecule has 0 radical (unpaired) electrons. The zero-order valence-corrected chi connectivity index (χ0v) is 26.4. The van der Waals surface area contributed by atoms with Crippen molar-refractivity contribution in [3.05, 3.63) is 120 Å². The van der Waals surface area contributed by atoms with E-state index in [1.54, 1.807) is 24.5 Å². The van der Waals surface area contributed by atoms with Gasteiger partial charge in [0.05, 0.1) is 36.3 Å². The van der Waals surface area contributed by atoms with Gasteiger partial charge in [-0.2, -0.15) is 0 Å². The minimum Gasteiger partial charge on any atom is -0.411 e. The Morgan fingerprint density at radius 2 is 1.58 bits per heavy atom. The average molecular weight is 676 g/mol. The van der Waals surface area contributed by atoms with Gasteiger partial charge < -0.3 is 25.5 Å². The van der Waals surface area contributed by atoms with Gasteiger partial charge in [-0.1, -0.05) is 36.0 Å². The van der Waals surface area contributed by atoms with Crippen LogP contribution in [-0.4, -0.2) is 63.2 Å². The van der Waals surface area contributed by atoms with Crippen molar-refractivity contribution in [1.29, 1.82) is 0 Å². The van der Waals surface area contributed by atoms with Crippen molar-refractivity contribution >= 4 is 23.4 Å². The fraction of sp³-hybridized carbons (Fsp3) is 0.265. The number of benzene rings is 2. The van der Waals surface area contributed by atoms with Crippen LogP contribution in [0, 0.1) is 17.5 Å². The lowest BCUT2D eigenvalue weighted by molar-refractivity contribution is -0.117. The summed E-state index contributed by atoms with van der Waals surface area (Å²) in [6.45, 7) is 1.20. The molecule has 5 aromatic rings. The maximum absolute atomic E-state index is 15.1. The lowest BCUT2D eigenvalue weighted by Crippen LogP contribution is -2.46. The smallest absolute Gasteiger partial charge is 0.276 e. The summed E-state index contributed by atoms with van der Waals surface area (Å²) in [5.74, 6) is -1.85. The lowest BCUT2D eigenvalue weighted by Gasteiger charge is -2.30. The number of carbonyl (C=O) groups is 1. The second-order valence-corrected chi connectivity index (χ2v) is 12.2. The Labute approximate surface area is 278 Å². The van der Waals surface area contributed by atoms with Gasteiger partial charge in [-0.3, -0.25) is 14.8 Å². The predicted octanol–water partition coefficient (Wildman–Crippen LogP) is 5.12. The summed E-state index contributed by atoms with van der Waals surface area (Å²) < 4.78 is 54.6. The number of hydrogen-bond donors (Lipinski definition) is 3. The number of amides is 1. The molecule has 0 aliphatic carbocycles. The quantitative estimate of drug-likeness (QED) is 0.153. The van der Waals surface area contributed by atoms with Crippen LogP contribution >= 0.6 is 11.8 Å². The Balaban J connectivity index is 1.08. The van der Waals surface area contributed by atoms with Crippen molar-refractivity contribution < 1.29 is 27.1 Å². The Bertz CT molecular complexity index is 1770. The van der Waals surface area contributed by atoms with Gasteiger partial charge in [0.25, 0.3) is 5.22 Å². The lowest BCUT2D eigenvalue weighted by atomic mass is 9.85. The van der Waals surface area contributed by atoms with E-state index >= 15 is 4.39 Å². The Morgan fingerprint density at radius 3 is 2.27 bits per heavy atom. The van der Waals surface area contributed by atoms with Crippen molar-refractivity contribution in [3.8, 4) is 11.5 Å². The van der Waals surface area contributed by atoms with Gasteiger partial charge in [-0.15, -0.1) is 10.2 Å². The largest absolute Gasteiger partial charge is 0.411 e. The normalized spacial score (nSPS) is 16.9. The number of nitrogens with zero attached hydrogens (tertiary/aromatic N) is 4. The molecule has 48 heavy (non-hydrogen) atoms. The summed E-state index contributed by atoms with van der Waals surface area (Å²) in [5, 5.41) is 14.7. The molecule has 0 spiro atoms. The van der Waals surface area contributed by atoms with Gasteiger partial charge in [0.2, 0.25) is 11.8 Å². The van der Waals surface area contributed by atoms with Gasteiger partial charge in [0.1, 0.15) is 17.5 Å². The fourth-order valence-corrected chi connectivity index (χ4v) is 6.29. The predicted molar refractivity (Wildman–Crippen MR) is 174 cm³/mol. The molecule has 0 saturated carbocycles. The van der Waals surface area contributed by atoms with Crippen LogP contribution < -0.4 is 16.4 Å². The van der Waals surface area contributed by atoms with Gasteiger partial charge in [-0.25, -0.2) is 13.2 Å². The third kappa shape index (κ3) is 8.26. The molecular weight excluding hydrogens is 643 g/mol. The number of morpholine rings is 1. The molecular formula is C34H32F3N7O3S. The molecule has 4 N–H and O–H groups in total. The number of aromatic nitrogens is 4. The van der Waals surface area contributed by atoms with E-state index in [2.05, 4.69) is 30.8 Å². The summed E-state index contributed by atoms with van der Waals surface area (Å²) in [4.78, 5) is 21.5. The Morgan fingerprint density at radius 1 is 0.917 bits per heavy atom. The van der Waals surface area contributed by atoms with Gasteiger partial charge in [-0.05, 0) is 60.4 Å². The van der Waals surface area contributed by atoms with Crippen LogP contribution in [0.2, 0.25) is 0 Å². The molecule has 2 aromatic carbocycles. The molecule has 1 fully saturated rings. The Kier molecular flexibility index (Phi) is 10.8. The maximum atomic E-state index is 15.1. The van der Waals surface area contributed by atoms with Gasteiger partial charge in [0, 0.05) is 48.3 Å². The van der Waals surface area contributed by atoms with E-state index in [0.29, 0.717) is 47.5 Å². The molecule has 0 unspecified atom stereocenters. The van der Waals surface area contributed by atoms with Crippen molar-refractivity contribution in [1.82, 2.24) is 25.5 Å². The van der Waals surface area contributed by atoms with Crippen LogP contribution in [-0.2, 0) is 16.0 Å². The first kappa shape index (κ1) is 33.3. The third-order valence-corrected chi connectivity index (χ3v) is 8.90. The molecule has 14 heteroatoms. The minimum absolute atomic E-state index is 0.153. The van der Waals surface area contributed by atoms with E-state index < -0.39 is 35.3 Å². The molecule has 10 nitrogen and oxygen atoms in total. The number of carbonyl (C=O) groups excluding carboxylic acids is 1. The first-order valence-corrected chi connectivity index (χ1v) is 16.2. The second kappa shape index (κ2) is 15.5. The van der Waals surface area contributed by atoms with E-state index in [0.717, 1.165) is 11.8 Å². The zero-order valence-electron chi connectivity index (χ0n) is 25.6. The number of ether oxygens (including phenoxy) is 1. The Hall–Kier alpha value is -4.63. The molecule has 1 aliphatic rings. The number of hydrogen-bond acceptors (Lipinski definition) is 10. The molecule has 248 valence electrons. The molecule has 3 aromatic heterocycles. The zero-order chi connectivity index (χ0) is 33.5. The van der Waals surface area contributed by atoms with Crippen LogP contribution in [0.25, 0.3) is 11.5 Å². The number of halogens is 3. The van der Waals surface area contributed by atoms with Gasteiger partial charge in [0.15, 0.2) is 0 Å². The van der Waals surface area contributed by atoms with Gasteiger partial charge >= 0.3 is 0 Å². The van der Waals surface area contributed by atoms with Crippen molar-refractivity contribution in [2.45, 2.75) is 42.2 Å². The molecule has 1 amide bonds. The highest BCUT2D eigenvalue weighted by atomic mass is 32.2. The topological polar surface area (TPSA) is 141 Å². The molecule has 3 atom stereocenters. The van der Waals surface area contributed by atoms with E-state index in [1.807, 2.05) is 0 Å². The summed E-state index contributed by atoms with van der Waals surface area (Å²) in [6.07, 6.45) is 6.11. The number of anilines is 1. The third-order valence-electron chi connectivity index (χ3n) is 7.95. The van der Waals surface area contributed by atoms with Crippen molar-refractivity contribution in [3.63, 3.8) is 0 Å². The second-order valence-electron chi connectivity index (χ2n) is 11.2. The maximum Gasteiger partial charge on any atom is 0.276 e. The minimum atomic E-state index is -1.18. The van der Waals surface area contributed by atoms with E-state index in [-0.39, 0.29) is 29.9 Å². The molecule has 1 aliphatic heterocycles. The highest BCUT2D eigenvalue weighted by Crippen LogP contribution is 2.30. The SMILES string of the molecule is N[C@H](C(=O)Nc1cncc(F)c1CC[C@@H]1CNC[C@@H](CSc2nnc(-c3ccncc3)o2)O1)C(c1ccc(F)cc1)c1ccc(F)cc1. The first-order chi connectivity index (χ1) is 23.3. The van der Waals surface area contributed by atoms with Crippen LogP contribution in [0.4, 0.5) is 18.9 Å². The first-order valence-electron chi connectivity index (χ1n) is 15.3. The highest BCUT2D eigenvalue weighted by Gasteiger charge is 2.29. The number of nitrogens with two attached hydrogens (primary N) is 1. The van der Waals surface area contributed by atoms with Crippen LogP contribution in [0.15, 0.2) is 95.1 Å². The number of thioether (sulfide) groups is 1. The highest BCUT2D eigenvalue weighted by molar-refractivity contribution is 7.99. The number of pyridine rings is 2. The molecule has 0 bridgehead atoms. The monoisotopic (exact) mass is 675 g/mol. The fourth-order valence-electron chi connectivity index (χ4n) is 5.53. The number of rotatable bonds is 12. The van der Waals surface area contributed by atoms with E-state index in [4.69, 9.17) is 14.9 Å². The summed E-state index contributed by atoms with van der Waals surface area (Å²) in [5.41, 5.74) is 8.83. The standard InChI is InChI=1S/C34H32F3N7O3S/c35-23-5-1-20(2-6-23)30(21-3-7-24(36)8-4-21)31(38)32(45)42-29-18-41-17-28(37)27(29)10-9-25-15-40-16-26(46-25)19-48-34-44-43-33(47-34)22-11-13-39-14-12-22/h1-8,11-14,17-18,25-26,30-31,40H,9-10,15-16,19,38H2,(H,42,45)/t25-,26+,31+/m1/s1. The molecule has 6 rings (SSSR count). The van der Waals surface area contributed by atoms with Crippen LogP contribution in [0.1, 0.15) is 29.0 Å². The van der Waals surface area contributed by atoms with Crippen molar-refractivity contribution in [2.24, 2.45) is 5.73 Å². The summed E-state index contributed by atoms with van der Waals surface area (Å²) in [7, 11) is 0. The van der Waals surface area contributed by atoms with Crippen LogP contribution in [0.3, 0.4) is 0 Å². The molecule has 1 saturated heterocycles. The van der Waals surface area contributed by atoms with Crippen molar-refractivity contribution in [2.75, 3.05) is 24.2 Å². The van der Waals surface area contributed by atoms with E-state index in [9.17, 15) is 13.6 Å². The van der Waals surface area contributed by atoms with Crippen LogP contribution in [0.5, 0.6) is 0 Å². The number of nitrogens with one attached hydrogen (secondary N) is 2. The summed E-state index contributed by atoms with van der Waals surface area (Å²) >= 11 is 1.39. The van der Waals surface area contributed by atoms with E-state index in [1.165, 1.54) is 66.5 Å². The molecule has 4 heterocycles. The average Bonchev–Trinajstić information content (AvgIpc) is 3.59.